The number of aryl methyl sites for hydroxylation is 3. The molecule has 0 bridgehead atoms. The van der Waals surface area contributed by atoms with Gasteiger partial charge in [0, 0.05) is 25.4 Å². The maximum atomic E-state index is 13.6. The van der Waals surface area contributed by atoms with E-state index in [0.29, 0.717) is 22.2 Å². The highest BCUT2D eigenvalue weighted by Gasteiger charge is 2.54. The number of rotatable bonds is 9. The normalized spacial score (nSPS) is 18.7. The summed E-state index contributed by atoms with van der Waals surface area (Å²) in [6.45, 7) is 15.4. The van der Waals surface area contributed by atoms with Gasteiger partial charge in [0.1, 0.15) is 11.2 Å². The Morgan fingerprint density at radius 3 is 2.18 bits per heavy atom. The van der Waals surface area contributed by atoms with Gasteiger partial charge in [-0.05, 0) is 85.4 Å². The van der Waals surface area contributed by atoms with Crippen LogP contribution in [-0.2, 0) is 42.8 Å². The number of benzene rings is 1. The minimum absolute atomic E-state index is 0.105. The van der Waals surface area contributed by atoms with Gasteiger partial charge in [0.05, 0.1) is 21.7 Å². The fourth-order valence-corrected chi connectivity index (χ4v) is 6.46. The average Bonchev–Trinajstić information content (AvgIpc) is 3.38. The first-order valence-electron chi connectivity index (χ1n) is 15.8. The van der Waals surface area contributed by atoms with Crippen LogP contribution in [0.15, 0.2) is 46.1 Å². The Morgan fingerprint density at radius 2 is 1.64 bits per heavy atom. The molecular weight excluding hydrogens is 690 g/mol. The van der Waals surface area contributed by atoms with Crippen LogP contribution in [0, 0.1) is 12.8 Å². The van der Waals surface area contributed by atoms with E-state index in [1.807, 2.05) is 6.92 Å². The highest BCUT2D eigenvalue weighted by molar-refractivity contribution is 7.85. The molecule has 1 aliphatic rings. The minimum Gasteiger partial charge on any atom is -0.444 e. The van der Waals surface area contributed by atoms with Gasteiger partial charge in [-0.2, -0.15) is 13.5 Å². The van der Waals surface area contributed by atoms with Crippen LogP contribution in [0.5, 0.6) is 0 Å². The van der Waals surface area contributed by atoms with E-state index < -0.39 is 50.1 Å². The largest absolute Gasteiger partial charge is 0.444 e. The van der Waals surface area contributed by atoms with E-state index in [2.05, 4.69) is 30.8 Å². The molecule has 4 N–H and O–H groups in total. The van der Waals surface area contributed by atoms with Gasteiger partial charge in [-0.3, -0.25) is 25.3 Å². The lowest BCUT2D eigenvalue weighted by Gasteiger charge is -2.43. The van der Waals surface area contributed by atoms with Crippen molar-refractivity contribution in [2.75, 3.05) is 7.11 Å². The second-order valence-electron chi connectivity index (χ2n) is 14.1. The van der Waals surface area contributed by atoms with E-state index >= 15 is 0 Å². The minimum atomic E-state index is -4.45. The fourth-order valence-electron chi connectivity index (χ4n) is 5.58. The molecule has 0 radical (unpaired) electrons. The molecule has 1 aromatic carbocycles. The lowest BCUT2D eigenvalue weighted by molar-refractivity contribution is 0.0345. The number of aromatic nitrogens is 4. The zero-order chi connectivity index (χ0) is 37.4. The highest BCUT2D eigenvalue weighted by Crippen LogP contribution is 2.41. The molecular formula is C33H44ClN7O8S. The summed E-state index contributed by atoms with van der Waals surface area (Å²) in [6.07, 6.45) is 1.52. The number of methoxy groups -OCH3 is 1. The van der Waals surface area contributed by atoms with Gasteiger partial charge in [0.15, 0.2) is 16.5 Å². The maximum Gasteiger partial charge on any atom is 0.410 e. The average molecular weight is 734 g/mol. The second-order valence-corrected chi connectivity index (χ2v) is 16.1. The van der Waals surface area contributed by atoms with Crippen molar-refractivity contribution >= 4 is 50.7 Å². The van der Waals surface area contributed by atoms with E-state index in [4.69, 9.17) is 30.8 Å². The lowest BCUT2D eigenvalue weighted by atomic mass is 9.83. The number of halogens is 1. The molecule has 2 unspecified atom stereocenters. The molecule has 2 aromatic heterocycles. The van der Waals surface area contributed by atoms with Gasteiger partial charge >= 0.3 is 12.2 Å². The molecule has 4 rings (SSSR count). The fraction of sp³-hybridized carbons (Fsp3) is 0.515. The van der Waals surface area contributed by atoms with Crippen molar-refractivity contribution in [3.05, 3.63) is 58.8 Å². The van der Waals surface area contributed by atoms with E-state index in [1.54, 1.807) is 67.5 Å². The SMILES string of the molecule is COC1(Cl)C(C)=CN=C(C(NC(=O)OC(C)(C)C)(NC(=O)OC(C)(C)C)c2ncc3c(CCc4cc(C)ccc4S(=O)(=O)O)n[nH]c3n2)C1C. The summed E-state index contributed by atoms with van der Waals surface area (Å²) in [4.78, 5) is 40.9. The number of carbonyl (C=O) groups is 2. The van der Waals surface area contributed by atoms with Gasteiger partial charge in [-0.25, -0.2) is 19.6 Å². The maximum absolute atomic E-state index is 13.6. The number of hydrogen-bond donors (Lipinski definition) is 4. The molecule has 0 saturated heterocycles. The molecule has 2 atom stereocenters. The lowest BCUT2D eigenvalue weighted by Crippen LogP contribution is -2.67. The number of aliphatic imine (C=N–C) groups is 1. The molecule has 3 aromatic rings. The van der Waals surface area contributed by atoms with E-state index in [9.17, 15) is 22.6 Å². The number of nitrogens with zero attached hydrogens (tertiary/aromatic N) is 4. The summed E-state index contributed by atoms with van der Waals surface area (Å²) in [5, 5.41) is 11.8. The molecule has 0 spiro atoms. The van der Waals surface area contributed by atoms with Crippen LogP contribution >= 0.6 is 11.6 Å². The number of alkyl carbamates (subject to hydrolysis) is 2. The molecule has 15 nitrogen and oxygen atoms in total. The quantitative estimate of drug-likeness (QED) is 0.123. The highest BCUT2D eigenvalue weighted by atomic mass is 35.5. The summed E-state index contributed by atoms with van der Waals surface area (Å²) in [7, 11) is -3.02. The third-order valence-electron chi connectivity index (χ3n) is 7.82. The third kappa shape index (κ3) is 8.42. The van der Waals surface area contributed by atoms with Crippen LogP contribution in [0.1, 0.15) is 78.0 Å². The molecule has 1 aliphatic heterocycles. The first-order chi connectivity index (χ1) is 23.0. The van der Waals surface area contributed by atoms with Gasteiger partial charge in [-0.15, -0.1) is 0 Å². The van der Waals surface area contributed by atoms with Crippen LogP contribution in [0.3, 0.4) is 0 Å². The van der Waals surface area contributed by atoms with Crippen LogP contribution < -0.4 is 10.6 Å². The summed E-state index contributed by atoms with van der Waals surface area (Å²) < 4.78 is 50.7. The number of nitrogens with one attached hydrogen (secondary N) is 3. The monoisotopic (exact) mass is 733 g/mol. The van der Waals surface area contributed by atoms with Crippen molar-refractivity contribution in [3.8, 4) is 0 Å². The van der Waals surface area contributed by atoms with Crippen molar-refractivity contribution in [1.29, 1.82) is 0 Å². The van der Waals surface area contributed by atoms with Crippen LogP contribution in [-0.4, -0.2) is 74.4 Å². The Hall–Kier alpha value is -4.12. The smallest absolute Gasteiger partial charge is 0.410 e. The number of alkyl halides is 1. The standard InChI is InChI=1S/C33H44ClN7O8S/c1-18-11-14-24(50(44,45)46)21(15-18)12-13-23-22-17-36-27(37-26(22)41-40-23)33(38-28(42)48-30(4,5)6,39-29(43)49-31(7,8)9)25-20(3)32(34,47-10)19(2)16-35-25/h11,14-17,20H,12-13H2,1-10H3,(H,38,42)(H,39,43)(H,44,45,46)(H,36,37,40,41). The van der Waals surface area contributed by atoms with Crippen LogP contribution in [0.2, 0.25) is 0 Å². The van der Waals surface area contributed by atoms with Crippen molar-refractivity contribution in [1.82, 2.24) is 30.8 Å². The van der Waals surface area contributed by atoms with Crippen molar-refractivity contribution < 1.29 is 36.8 Å². The second kappa shape index (κ2) is 13.9. The predicted molar refractivity (Wildman–Crippen MR) is 186 cm³/mol. The molecule has 0 aliphatic carbocycles. The van der Waals surface area contributed by atoms with E-state index in [-0.39, 0.29) is 34.9 Å². The van der Waals surface area contributed by atoms with Crippen molar-refractivity contribution in [3.63, 3.8) is 0 Å². The summed E-state index contributed by atoms with van der Waals surface area (Å²) in [5.74, 6) is -0.940. The Kier molecular flexibility index (Phi) is 10.7. The van der Waals surface area contributed by atoms with Crippen molar-refractivity contribution in [2.24, 2.45) is 10.9 Å². The molecule has 17 heteroatoms. The number of amides is 2. The Morgan fingerprint density at radius 1 is 1.04 bits per heavy atom. The molecule has 3 heterocycles. The topological polar surface area (TPSA) is 207 Å². The number of aromatic amines is 1. The van der Waals surface area contributed by atoms with Gasteiger partial charge < -0.3 is 14.2 Å². The van der Waals surface area contributed by atoms with E-state index in [1.165, 1.54) is 25.6 Å². The Bertz CT molecular complexity index is 1930. The zero-order valence-electron chi connectivity index (χ0n) is 29.8. The number of fused-ring (bicyclic) bond motifs is 1. The summed E-state index contributed by atoms with van der Waals surface area (Å²) >= 11 is 7.00. The zero-order valence-corrected chi connectivity index (χ0v) is 31.3. The van der Waals surface area contributed by atoms with Gasteiger partial charge in [0.2, 0.25) is 5.66 Å². The summed E-state index contributed by atoms with van der Waals surface area (Å²) in [5.41, 5.74) is -1.34. The van der Waals surface area contributed by atoms with Crippen molar-refractivity contribution in [2.45, 2.75) is 102 Å². The predicted octanol–water partition coefficient (Wildman–Crippen LogP) is 5.47. The van der Waals surface area contributed by atoms with Crippen LogP contribution in [0.25, 0.3) is 11.0 Å². The Balaban J connectivity index is 1.88. The third-order valence-corrected chi connectivity index (χ3v) is 9.55. The van der Waals surface area contributed by atoms with Gasteiger partial charge in [-0.1, -0.05) is 36.2 Å². The van der Waals surface area contributed by atoms with E-state index in [0.717, 1.165) is 5.56 Å². The first-order valence-corrected chi connectivity index (χ1v) is 17.6. The summed E-state index contributed by atoms with van der Waals surface area (Å²) in [6, 6.07) is 4.65. The van der Waals surface area contributed by atoms with Crippen LogP contribution in [0.4, 0.5) is 9.59 Å². The molecule has 2 amide bonds. The Labute approximate surface area is 296 Å². The molecule has 0 saturated carbocycles. The van der Waals surface area contributed by atoms with Gasteiger partial charge in [0.25, 0.3) is 10.1 Å². The number of H-pyrrole nitrogens is 1. The number of carbonyl (C=O) groups excluding carboxylic acids is 2. The molecule has 50 heavy (non-hydrogen) atoms. The first kappa shape index (κ1) is 38.7. The molecule has 272 valence electrons. The molecule has 0 fully saturated rings. The number of ether oxygens (including phenoxy) is 3. The number of hydrogen-bond acceptors (Lipinski definition) is 11.